The summed E-state index contributed by atoms with van der Waals surface area (Å²) >= 11 is 0.306. The van der Waals surface area contributed by atoms with E-state index in [-0.39, 0.29) is 30.8 Å². The fourth-order valence-corrected chi connectivity index (χ4v) is 2.37. The van der Waals surface area contributed by atoms with Crippen LogP contribution in [0.5, 0.6) is 0 Å². The summed E-state index contributed by atoms with van der Waals surface area (Å²) in [6, 6.07) is 6.93. The molecule has 1 heterocycles. The van der Waals surface area contributed by atoms with Crippen molar-refractivity contribution in [2.45, 2.75) is 17.5 Å². The number of aliphatic hydroxyl groups is 1. The molecule has 0 atom stereocenters. The third-order valence-corrected chi connectivity index (χ3v) is 3.25. The second kappa shape index (κ2) is 6.67. The van der Waals surface area contributed by atoms with Gasteiger partial charge in [0.1, 0.15) is 6.54 Å². The summed E-state index contributed by atoms with van der Waals surface area (Å²) in [5.74, 6) is -2.97. The molecule has 20 heavy (non-hydrogen) atoms. The predicted molar refractivity (Wildman–Crippen MR) is 71.7 cm³/mol. The first-order chi connectivity index (χ1) is 9.61. The summed E-state index contributed by atoms with van der Waals surface area (Å²) < 4.78 is 26.5. The highest BCUT2D eigenvalue weighted by Gasteiger charge is 2.17. The van der Waals surface area contributed by atoms with Gasteiger partial charge in [-0.2, -0.15) is 8.78 Å². The Hall–Kier alpha value is -1.67. The van der Waals surface area contributed by atoms with E-state index in [1.54, 1.807) is 24.3 Å². The molecule has 1 amide bonds. The summed E-state index contributed by atoms with van der Waals surface area (Å²) in [7, 11) is 0. The number of rotatable bonds is 6. The topological polar surface area (TPSA) is 67.2 Å². The highest BCUT2D eigenvalue weighted by Crippen LogP contribution is 2.28. The number of para-hydroxylation sites is 2. The van der Waals surface area contributed by atoms with E-state index in [0.29, 0.717) is 22.8 Å². The maximum atomic E-state index is 12.5. The summed E-state index contributed by atoms with van der Waals surface area (Å²) in [6.07, 6.45) is 0. The first-order valence-electron chi connectivity index (χ1n) is 5.89. The van der Waals surface area contributed by atoms with E-state index in [1.165, 1.54) is 4.57 Å². The first kappa shape index (κ1) is 14.7. The molecule has 1 aromatic heterocycles. The van der Waals surface area contributed by atoms with Crippen molar-refractivity contribution in [3.63, 3.8) is 0 Å². The van der Waals surface area contributed by atoms with Crippen molar-refractivity contribution >= 4 is 28.7 Å². The number of thioether (sulfide) groups is 1. The molecule has 0 saturated carbocycles. The highest BCUT2D eigenvalue weighted by atomic mass is 32.2. The van der Waals surface area contributed by atoms with Gasteiger partial charge >= 0.3 is 0 Å². The molecule has 5 nitrogen and oxygen atoms in total. The van der Waals surface area contributed by atoms with Crippen molar-refractivity contribution < 1.29 is 18.7 Å². The van der Waals surface area contributed by atoms with Gasteiger partial charge in [0.15, 0.2) is 5.16 Å². The minimum absolute atomic E-state index is 0.0975. The fourth-order valence-electron chi connectivity index (χ4n) is 1.77. The van der Waals surface area contributed by atoms with E-state index in [4.69, 9.17) is 5.11 Å². The zero-order valence-electron chi connectivity index (χ0n) is 10.4. The maximum absolute atomic E-state index is 12.5. The minimum Gasteiger partial charge on any atom is -0.395 e. The van der Waals surface area contributed by atoms with Crippen LogP contribution in [0.1, 0.15) is 0 Å². The Bertz CT molecular complexity index is 603. The minimum atomic E-state index is -2.61. The van der Waals surface area contributed by atoms with Crippen LogP contribution in [-0.2, 0) is 11.3 Å². The number of imidazole rings is 1. The van der Waals surface area contributed by atoms with Crippen molar-refractivity contribution in [3.05, 3.63) is 24.3 Å². The zero-order valence-corrected chi connectivity index (χ0v) is 11.2. The molecule has 0 aliphatic carbocycles. The largest absolute Gasteiger partial charge is 0.395 e. The Balaban J connectivity index is 2.30. The highest BCUT2D eigenvalue weighted by molar-refractivity contribution is 7.99. The number of carbonyl (C=O) groups excluding carboxylic acids is 1. The molecular weight excluding hydrogens is 288 g/mol. The van der Waals surface area contributed by atoms with Gasteiger partial charge < -0.3 is 15.0 Å². The molecule has 108 valence electrons. The number of aliphatic hydroxyl groups excluding tert-OH is 1. The lowest BCUT2D eigenvalue weighted by atomic mass is 10.3. The van der Waals surface area contributed by atoms with Crippen molar-refractivity contribution in [3.8, 4) is 0 Å². The van der Waals surface area contributed by atoms with Gasteiger partial charge in [-0.3, -0.25) is 4.79 Å². The van der Waals surface area contributed by atoms with Crippen molar-refractivity contribution in [1.29, 1.82) is 0 Å². The predicted octanol–water partition coefficient (Wildman–Crippen LogP) is 1.46. The van der Waals surface area contributed by atoms with E-state index in [2.05, 4.69) is 10.3 Å². The number of amides is 1. The van der Waals surface area contributed by atoms with E-state index >= 15 is 0 Å². The normalized spacial score (nSPS) is 11.2. The molecular formula is C12H13F2N3O2S. The molecule has 0 saturated heterocycles. The average molecular weight is 301 g/mol. The van der Waals surface area contributed by atoms with Crippen LogP contribution < -0.4 is 5.32 Å². The number of aromatic nitrogens is 2. The maximum Gasteiger partial charge on any atom is 0.291 e. The van der Waals surface area contributed by atoms with Crippen LogP contribution in [-0.4, -0.2) is 39.5 Å². The third-order valence-electron chi connectivity index (χ3n) is 2.55. The van der Waals surface area contributed by atoms with Crippen LogP contribution in [0.15, 0.2) is 29.4 Å². The molecule has 0 unspecified atom stereocenters. The Kier molecular flexibility index (Phi) is 4.91. The van der Waals surface area contributed by atoms with Crippen molar-refractivity contribution in [2.75, 3.05) is 13.2 Å². The molecule has 2 N–H and O–H groups in total. The molecule has 0 aliphatic heterocycles. The number of benzene rings is 1. The standard InChI is InChI=1S/C12H13F2N3O2S/c13-11(14)20-12-16-8-3-1-2-4-9(8)17(12)7-10(19)15-5-6-18/h1-4,11,18H,5-7H2,(H,15,19). The zero-order chi connectivity index (χ0) is 14.5. The molecule has 0 radical (unpaired) electrons. The van der Waals surface area contributed by atoms with Gasteiger partial charge in [0.2, 0.25) is 5.91 Å². The monoisotopic (exact) mass is 301 g/mol. The smallest absolute Gasteiger partial charge is 0.291 e. The van der Waals surface area contributed by atoms with Crippen LogP contribution in [0.25, 0.3) is 11.0 Å². The Morgan fingerprint density at radius 2 is 2.20 bits per heavy atom. The van der Waals surface area contributed by atoms with E-state index < -0.39 is 5.76 Å². The Morgan fingerprint density at radius 1 is 1.45 bits per heavy atom. The molecule has 1 aromatic carbocycles. The molecule has 0 aliphatic rings. The quantitative estimate of drug-likeness (QED) is 0.793. The lowest BCUT2D eigenvalue weighted by Crippen LogP contribution is -2.30. The number of carbonyl (C=O) groups is 1. The van der Waals surface area contributed by atoms with E-state index in [0.717, 1.165) is 0 Å². The molecule has 2 rings (SSSR count). The number of nitrogens with zero attached hydrogens (tertiary/aromatic N) is 2. The summed E-state index contributed by atoms with van der Waals surface area (Å²) in [5, 5.41) is 11.2. The third kappa shape index (κ3) is 3.45. The SMILES string of the molecule is O=C(Cn1c(SC(F)F)nc2ccccc21)NCCO. The fraction of sp³-hybridized carbons (Fsp3) is 0.333. The number of hydrogen-bond donors (Lipinski definition) is 2. The van der Waals surface area contributed by atoms with Gasteiger partial charge in [-0.25, -0.2) is 4.98 Å². The summed E-state index contributed by atoms with van der Waals surface area (Å²) in [4.78, 5) is 15.8. The van der Waals surface area contributed by atoms with Crippen LogP contribution in [0.2, 0.25) is 0 Å². The molecule has 0 spiro atoms. The van der Waals surface area contributed by atoms with Crippen LogP contribution in [0.4, 0.5) is 8.78 Å². The molecule has 0 bridgehead atoms. The molecule has 0 fully saturated rings. The number of nitrogens with one attached hydrogen (secondary N) is 1. The molecule has 8 heteroatoms. The van der Waals surface area contributed by atoms with Crippen LogP contribution in [0, 0.1) is 0 Å². The number of fused-ring (bicyclic) bond motifs is 1. The number of alkyl halides is 2. The summed E-state index contributed by atoms with van der Waals surface area (Å²) in [6.45, 7) is -0.159. The van der Waals surface area contributed by atoms with Crippen LogP contribution in [0.3, 0.4) is 0 Å². The van der Waals surface area contributed by atoms with E-state index in [1.807, 2.05) is 0 Å². The van der Waals surface area contributed by atoms with E-state index in [9.17, 15) is 13.6 Å². The van der Waals surface area contributed by atoms with Gasteiger partial charge in [0.25, 0.3) is 5.76 Å². The number of halogens is 2. The lowest BCUT2D eigenvalue weighted by molar-refractivity contribution is -0.121. The van der Waals surface area contributed by atoms with Gasteiger partial charge in [-0.1, -0.05) is 12.1 Å². The van der Waals surface area contributed by atoms with Gasteiger partial charge in [-0.15, -0.1) is 0 Å². The van der Waals surface area contributed by atoms with Gasteiger partial charge in [0, 0.05) is 6.54 Å². The number of hydrogen-bond acceptors (Lipinski definition) is 4. The first-order valence-corrected chi connectivity index (χ1v) is 6.77. The van der Waals surface area contributed by atoms with Gasteiger partial charge in [-0.05, 0) is 23.9 Å². The van der Waals surface area contributed by atoms with Crippen LogP contribution >= 0.6 is 11.8 Å². The van der Waals surface area contributed by atoms with Crippen molar-refractivity contribution in [2.24, 2.45) is 0 Å². The summed E-state index contributed by atoms with van der Waals surface area (Å²) in [5.41, 5.74) is 1.18. The Labute approximate surface area is 118 Å². The lowest BCUT2D eigenvalue weighted by Gasteiger charge is -2.08. The Morgan fingerprint density at radius 3 is 2.90 bits per heavy atom. The molecule has 2 aromatic rings. The average Bonchev–Trinajstić information content (AvgIpc) is 2.74. The second-order valence-electron chi connectivity index (χ2n) is 3.92. The van der Waals surface area contributed by atoms with Gasteiger partial charge in [0.05, 0.1) is 17.6 Å². The van der Waals surface area contributed by atoms with Crippen molar-refractivity contribution in [1.82, 2.24) is 14.9 Å². The second-order valence-corrected chi connectivity index (χ2v) is 4.88.